The van der Waals surface area contributed by atoms with Crippen LogP contribution in [0.4, 0.5) is 5.69 Å². The number of hydrogen-bond donors (Lipinski definition) is 2. The summed E-state index contributed by atoms with van der Waals surface area (Å²) in [6.45, 7) is 4.01. The number of aromatic hydroxyl groups is 1. The van der Waals surface area contributed by atoms with E-state index in [2.05, 4.69) is 10.5 Å². The minimum Gasteiger partial charge on any atom is -0.504 e. The van der Waals surface area contributed by atoms with E-state index in [4.69, 9.17) is 16.3 Å². The first-order valence-corrected chi connectivity index (χ1v) is 14.2. The molecule has 4 aromatic rings. The van der Waals surface area contributed by atoms with Gasteiger partial charge in [0.1, 0.15) is 0 Å². The van der Waals surface area contributed by atoms with Crippen LogP contribution in [0, 0.1) is 6.92 Å². The summed E-state index contributed by atoms with van der Waals surface area (Å²) in [6, 6.07) is 24.7. The third-order valence-corrected chi connectivity index (χ3v) is 8.23. The fourth-order valence-electron chi connectivity index (χ4n) is 3.93. The van der Waals surface area contributed by atoms with Gasteiger partial charge in [0, 0.05) is 10.6 Å². The number of nitrogens with zero attached hydrogens (tertiary/aromatic N) is 2. The highest BCUT2D eigenvalue weighted by Gasteiger charge is 2.27. The van der Waals surface area contributed by atoms with Gasteiger partial charge in [-0.15, -0.1) is 0 Å². The molecule has 0 aliphatic heterocycles. The SMILES string of the molecule is CCOc1cc(/C=N\NC(=O)c2ccc(CN(c3cccc(Cl)c3C)S(=O)(=O)c3ccccc3)cc2)ccc1O. The fraction of sp³-hybridized carbons (Fsp3) is 0.133. The Morgan fingerprint density at radius 3 is 2.45 bits per heavy atom. The van der Waals surface area contributed by atoms with Crippen molar-refractivity contribution >= 4 is 39.4 Å². The smallest absolute Gasteiger partial charge is 0.271 e. The quantitative estimate of drug-likeness (QED) is 0.180. The number of halogens is 1. The van der Waals surface area contributed by atoms with E-state index in [1.165, 1.54) is 16.6 Å². The van der Waals surface area contributed by atoms with Gasteiger partial charge in [0.05, 0.1) is 29.9 Å². The lowest BCUT2D eigenvalue weighted by molar-refractivity contribution is 0.0955. The normalized spacial score (nSPS) is 11.4. The number of phenols is 1. The topological polar surface area (TPSA) is 108 Å². The second-order valence-corrected chi connectivity index (χ2v) is 11.0. The Morgan fingerprint density at radius 1 is 1.02 bits per heavy atom. The van der Waals surface area contributed by atoms with E-state index in [-0.39, 0.29) is 17.2 Å². The molecule has 0 radical (unpaired) electrons. The zero-order chi connectivity index (χ0) is 28.7. The molecule has 1 amide bonds. The lowest BCUT2D eigenvalue weighted by Gasteiger charge is -2.26. The Kier molecular flexibility index (Phi) is 9.08. The van der Waals surface area contributed by atoms with Gasteiger partial charge in [-0.3, -0.25) is 9.10 Å². The molecule has 0 bridgehead atoms. The second kappa shape index (κ2) is 12.7. The van der Waals surface area contributed by atoms with Crippen LogP contribution in [0.1, 0.15) is 34.0 Å². The van der Waals surface area contributed by atoms with Crippen LogP contribution in [-0.2, 0) is 16.6 Å². The molecule has 0 aromatic heterocycles. The molecule has 10 heteroatoms. The van der Waals surface area contributed by atoms with Crippen LogP contribution in [0.5, 0.6) is 11.5 Å². The largest absolute Gasteiger partial charge is 0.504 e. The Balaban J connectivity index is 1.52. The van der Waals surface area contributed by atoms with Crippen LogP contribution in [0.15, 0.2) is 101 Å². The first-order chi connectivity index (χ1) is 19.2. The van der Waals surface area contributed by atoms with Crippen LogP contribution in [0.3, 0.4) is 0 Å². The monoisotopic (exact) mass is 577 g/mol. The summed E-state index contributed by atoms with van der Waals surface area (Å²) < 4.78 is 34.0. The molecule has 0 heterocycles. The summed E-state index contributed by atoms with van der Waals surface area (Å²) >= 11 is 6.33. The van der Waals surface area contributed by atoms with Gasteiger partial charge >= 0.3 is 0 Å². The summed E-state index contributed by atoms with van der Waals surface area (Å²) in [6.07, 6.45) is 1.44. The van der Waals surface area contributed by atoms with Crippen molar-refractivity contribution in [2.75, 3.05) is 10.9 Å². The average Bonchev–Trinajstić information content (AvgIpc) is 2.96. The number of anilines is 1. The molecule has 8 nitrogen and oxygen atoms in total. The number of rotatable bonds is 10. The lowest BCUT2D eigenvalue weighted by atomic mass is 10.1. The number of benzene rings is 4. The van der Waals surface area contributed by atoms with E-state index >= 15 is 0 Å². The van der Waals surface area contributed by atoms with Crippen LogP contribution >= 0.6 is 11.6 Å². The average molecular weight is 578 g/mol. The molecule has 0 aliphatic rings. The molecule has 0 atom stereocenters. The van der Waals surface area contributed by atoms with Crippen molar-refractivity contribution in [3.63, 3.8) is 0 Å². The molecule has 0 saturated carbocycles. The van der Waals surface area contributed by atoms with Crippen LogP contribution < -0.4 is 14.5 Å². The van der Waals surface area contributed by atoms with Crippen LogP contribution in [0.25, 0.3) is 0 Å². The van der Waals surface area contributed by atoms with E-state index in [0.29, 0.717) is 45.3 Å². The maximum atomic E-state index is 13.7. The molecular weight excluding hydrogens is 550 g/mol. The van der Waals surface area contributed by atoms with Gasteiger partial charge in [0.2, 0.25) is 0 Å². The molecule has 0 spiro atoms. The number of carbonyl (C=O) groups is 1. The van der Waals surface area contributed by atoms with Gasteiger partial charge < -0.3 is 9.84 Å². The zero-order valence-corrected chi connectivity index (χ0v) is 23.5. The van der Waals surface area contributed by atoms with Crippen molar-refractivity contribution < 1.29 is 23.1 Å². The first kappa shape index (κ1) is 28.7. The van der Waals surface area contributed by atoms with Crippen molar-refractivity contribution in [3.8, 4) is 11.5 Å². The predicted octanol–water partition coefficient (Wildman–Crippen LogP) is 5.91. The molecule has 206 valence electrons. The highest BCUT2D eigenvalue weighted by molar-refractivity contribution is 7.92. The van der Waals surface area contributed by atoms with Crippen LogP contribution in [0.2, 0.25) is 5.02 Å². The summed E-state index contributed by atoms with van der Waals surface area (Å²) in [5.41, 5.74) is 5.22. The zero-order valence-electron chi connectivity index (χ0n) is 21.9. The van der Waals surface area contributed by atoms with Crippen molar-refractivity contribution in [2.45, 2.75) is 25.3 Å². The van der Waals surface area contributed by atoms with Gasteiger partial charge in [-0.05, 0) is 85.1 Å². The maximum absolute atomic E-state index is 13.7. The Bertz CT molecular complexity index is 1630. The summed E-state index contributed by atoms with van der Waals surface area (Å²) in [5, 5.41) is 14.3. The van der Waals surface area contributed by atoms with Gasteiger partial charge in [-0.25, -0.2) is 13.8 Å². The first-order valence-electron chi connectivity index (χ1n) is 12.4. The molecule has 4 aromatic carbocycles. The second-order valence-electron chi connectivity index (χ2n) is 8.76. The lowest BCUT2D eigenvalue weighted by Crippen LogP contribution is -2.31. The predicted molar refractivity (Wildman–Crippen MR) is 157 cm³/mol. The summed E-state index contributed by atoms with van der Waals surface area (Å²) in [4.78, 5) is 12.8. The standard InChI is InChI=1S/C30H28ClN3O5S/c1-3-39-29-18-23(14-17-28(29)35)19-32-33-30(36)24-15-12-22(13-16-24)20-34(27-11-7-10-26(31)21(27)2)40(37,38)25-8-5-4-6-9-25/h4-19,35H,3,20H2,1-2H3,(H,33,36)/b32-19-. The number of phenolic OH excluding ortho intramolecular Hbond substituents is 1. The minimum atomic E-state index is -3.91. The molecular formula is C30H28ClN3O5S. The number of nitrogens with one attached hydrogen (secondary N) is 1. The number of carbonyl (C=O) groups excluding carboxylic acids is 1. The maximum Gasteiger partial charge on any atom is 0.271 e. The summed E-state index contributed by atoms with van der Waals surface area (Å²) in [7, 11) is -3.91. The molecule has 0 aliphatic carbocycles. The van der Waals surface area contributed by atoms with Gasteiger partial charge in [-0.1, -0.05) is 48.0 Å². The number of sulfonamides is 1. The van der Waals surface area contributed by atoms with E-state index < -0.39 is 15.9 Å². The Labute approximate surface area is 238 Å². The van der Waals surface area contributed by atoms with Gasteiger partial charge in [0.25, 0.3) is 15.9 Å². The van der Waals surface area contributed by atoms with Gasteiger partial charge in [0.15, 0.2) is 11.5 Å². The molecule has 4 rings (SSSR count). The van der Waals surface area contributed by atoms with E-state index in [1.807, 2.05) is 6.92 Å². The van der Waals surface area contributed by atoms with Crippen molar-refractivity contribution in [1.29, 1.82) is 0 Å². The van der Waals surface area contributed by atoms with Crippen molar-refractivity contribution in [1.82, 2.24) is 5.43 Å². The molecule has 40 heavy (non-hydrogen) atoms. The number of ether oxygens (including phenoxy) is 1. The number of amides is 1. The van der Waals surface area contributed by atoms with Crippen molar-refractivity contribution in [3.05, 3.63) is 118 Å². The van der Waals surface area contributed by atoms with Crippen LogP contribution in [-0.4, -0.2) is 32.3 Å². The van der Waals surface area contributed by atoms with Crippen molar-refractivity contribution in [2.24, 2.45) is 5.10 Å². The molecule has 0 saturated heterocycles. The van der Waals surface area contributed by atoms with E-state index in [1.54, 1.807) is 91.9 Å². The fourth-order valence-corrected chi connectivity index (χ4v) is 5.63. The van der Waals surface area contributed by atoms with E-state index in [9.17, 15) is 18.3 Å². The molecule has 0 unspecified atom stereocenters. The van der Waals surface area contributed by atoms with E-state index in [0.717, 1.165) is 0 Å². The molecule has 0 fully saturated rings. The Morgan fingerprint density at radius 2 is 1.75 bits per heavy atom. The number of hydrazone groups is 1. The van der Waals surface area contributed by atoms with Gasteiger partial charge in [-0.2, -0.15) is 5.10 Å². The molecule has 2 N–H and O–H groups in total. The number of hydrogen-bond acceptors (Lipinski definition) is 6. The highest BCUT2D eigenvalue weighted by atomic mass is 35.5. The Hall–Kier alpha value is -4.34. The third kappa shape index (κ3) is 6.62. The summed E-state index contributed by atoms with van der Waals surface area (Å²) in [5.74, 6) is -0.0977. The highest BCUT2D eigenvalue weighted by Crippen LogP contribution is 2.32. The third-order valence-electron chi connectivity index (χ3n) is 6.04. The minimum absolute atomic E-state index is 0.0174.